The van der Waals surface area contributed by atoms with Crippen molar-refractivity contribution in [3.8, 4) is 11.1 Å². The van der Waals surface area contributed by atoms with E-state index in [0.29, 0.717) is 15.4 Å². The summed E-state index contributed by atoms with van der Waals surface area (Å²) in [6, 6.07) is 11.4. The Balaban J connectivity index is 1.48. The lowest BCUT2D eigenvalue weighted by Gasteiger charge is -2.07. The van der Waals surface area contributed by atoms with Crippen LogP contribution in [-0.4, -0.2) is 20.5 Å². The first-order chi connectivity index (χ1) is 14.5. The zero-order valence-corrected chi connectivity index (χ0v) is 17.7. The Labute approximate surface area is 181 Å². The van der Waals surface area contributed by atoms with E-state index in [0.717, 1.165) is 22.3 Å². The highest BCUT2D eigenvalue weighted by atomic mass is 35.5. The molecule has 30 heavy (non-hydrogen) atoms. The number of nitrogens with zero attached hydrogens (tertiary/aromatic N) is 3. The third-order valence-corrected chi connectivity index (χ3v) is 5.78. The minimum Gasteiger partial charge on any atom is -0.461 e. The van der Waals surface area contributed by atoms with Crippen molar-refractivity contribution in [3.05, 3.63) is 80.9 Å². The number of esters is 1. The third kappa shape index (κ3) is 4.42. The number of aryl methyl sites for hydroxylation is 2. The molecule has 0 spiro atoms. The third-order valence-electron chi connectivity index (χ3n) is 4.67. The van der Waals surface area contributed by atoms with Crippen molar-refractivity contribution in [1.29, 1.82) is 0 Å². The van der Waals surface area contributed by atoms with Gasteiger partial charge < -0.3 is 4.74 Å². The average Bonchev–Trinajstić information content (AvgIpc) is 3.18. The maximum Gasteiger partial charge on any atom is 0.307 e. The van der Waals surface area contributed by atoms with Gasteiger partial charge in [-0.15, -0.1) is 11.3 Å². The van der Waals surface area contributed by atoms with Crippen molar-refractivity contribution in [2.45, 2.75) is 26.5 Å². The molecular formula is C22H18ClN3O3S. The number of thiophene rings is 1. The van der Waals surface area contributed by atoms with E-state index in [1.807, 2.05) is 36.6 Å². The predicted molar refractivity (Wildman–Crippen MR) is 118 cm³/mol. The van der Waals surface area contributed by atoms with Gasteiger partial charge in [-0.05, 0) is 18.6 Å². The monoisotopic (exact) mass is 439 g/mol. The van der Waals surface area contributed by atoms with Crippen LogP contribution >= 0.6 is 22.9 Å². The fourth-order valence-electron chi connectivity index (χ4n) is 3.01. The van der Waals surface area contributed by atoms with Crippen molar-refractivity contribution in [1.82, 2.24) is 14.5 Å². The van der Waals surface area contributed by atoms with Crippen molar-refractivity contribution < 1.29 is 9.53 Å². The molecule has 0 amide bonds. The first-order valence-corrected chi connectivity index (χ1v) is 10.6. The van der Waals surface area contributed by atoms with Crippen LogP contribution in [0.5, 0.6) is 0 Å². The van der Waals surface area contributed by atoms with Gasteiger partial charge in [0.15, 0.2) is 0 Å². The number of benzene rings is 1. The van der Waals surface area contributed by atoms with Crippen LogP contribution in [0.2, 0.25) is 5.15 Å². The molecule has 0 aliphatic rings. The predicted octanol–water partition coefficient (Wildman–Crippen LogP) is 4.62. The summed E-state index contributed by atoms with van der Waals surface area (Å²) in [6.07, 6.45) is 3.11. The molecule has 0 N–H and O–H groups in total. The largest absolute Gasteiger partial charge is 0.461 e. The van der Waals surface area contributed by atoms with E-state index in [1.54, 1.807) is 18.3 Å². The van der Waals surface area contributed by atoms with Gasteiger partial charge in [0, 0.05) is 29.2 Å². The summed E-state index contributed by atoms with van der Waals surface area (Å²) in [4.78, 5) is 34.2. The van der Waals surface area contributed by atoms with Crippen LogP contribution in [0.25, 0.3) is 21.3 Å². The van der Waals surface area contributed by atoms with E-state index in [1.165, 1.54) is 22.2 Å². The Morgan fingerprint density at radius 1 is 1.17 bits per heavy atom. The summed E-state index contributed by atoms with van der Waals surface area (Å²) in [7, 11) is 0. The van der Waals surface area contributed by atoms with E-state index in [-0.39, 0.29) is 25.1 Å². The van der Waals surface area contributed by atoms with Crippen LogP contribution in [0.1, 0.15) is 17.5 Å². The summed E-state index contributed by atoms with van der Waals surface area (Å²) in [5.41, 5.74) is 3.57. The van der Waals surface area contributed by atoms with E-state index >= 15 is 0 Å². The van der Waals surface area contributed by atoms with Crippen LogP contribution in [0.3, 0.4) is 0 Å². The van der Waals surface area contributed by atoms with Gasteiger partial charge in [0.2, 0.25) is 0 Å². The van der Waals surface area contributed by atoms with E-state index in [4.69, 9.17) is 16.3 Å². The van der Waals surface area contributed by atoms with Crippen LogP contribution in [-0.2, 0) is 22.7 Å². The van der Waals surface area contributed by atoms with Crippen LogP contribution in [0.4, 0.5) is 0 Å². The Morgan fingerprint density at radius 2 is 1.97 bits per heavy atom. The van der Waals surface area contributed by atoms with Crippen molar-refractivity contribution in [2.24, 2.45) is 0 Å². The Bertz CT molecular complexity index is 1250. The molecule has 4 rings (SSSR count). The standard InChI is InChI=1S/C22H18ClN3O3S/c1-14-2-5-16(6-3-14)17-12-30-21-20(17)22(28)26(13-25-21)9-8-19(27)29-11-15-4-7-18(23)24-10-15/h2-7,10,12-13H,8-9,11H2,1H3. The Kier molecular flexibility index (Phi) is 5.92. The van der Waals surface area contributed by atoms with Gasteiger partial charge in [-0.2, -0.15) is 0 Å². The molecule has 4 aromatic rings. The fraction of sp³-hybridized carbons (Fsp3) is 0.182. The molecule has 0 aliphatic heterocycles. The normalized spacial score (nSPS) is 11.0. The van der Waals surface area contributed by atoms with Crippen molar-refractivity contribution in [2.75, 3.05) is 0 Å². The SMILES string of the molecule is Cc1ccc(-c2csc3ncn(CCC(=O)OCc4ccc(Cl)nc4)c(=O)c23)cc1. The molecule has 0 atom stereocenters. The molecule has 8 heteroatoms. The highest BCUT2D eigenvalue weighted by Crippen LogP contribution is 2.30. The number of pyridine rings is 1. The van der Waals surface area contributed by atoms with Crippen molar-refractivity contribution >= 4 is 39.1 Å². The Hall–Kier alpha value is -3.03. The zero-order chi connectivity index (χ0) is 21.1. The molecule has 152 valence electrons. The van der Waals surface area contributed by atoms with Gasteiger partial charge in [-0.3, -0.25) is 14.2 Å². The molecule has 0 radical (unpaired) electrons. The smallest absolute Gasteiger partial charge is 0.307 e. The van der Waals surface area contributed by atoms with Gasteiger partial charge in [0.05, 0.1) is 18.1 Å². The topological polar surface area (TPSA) is 74.1 Å². The highest BCUT2D eigenvalue weighted by molar-refractivity contribution is 7.17. The first-order valence-electron chi connectivity index (χ1n) is 9.31. The number of hydrogen-bond acceptors (Lipinski definition) is 6. The summed E-state index contributed by atoms with van der Waals surface area (Å²) in [5, 5.41) is 2.90. The second-order valence-electron chi connectivity index (χ2n) is 6.84. The Morgan fingerprint density at radius 3 is 2.70 bits per heavy atom. The van der Waals surface area contributed by atoms with Crippen LogP contribution in [0, 0.1) is 6.92 Å². The number of ether oxygens (including phenoxy) is 1. The second-order valence-corrected chi connectivity index (χ2v) is 8.08. The van der Waals surface area contributed by atoms with Gasteiger partial charge >= 0.3 is 5.97 Å². The molecule has 0 aliphatic carbocycles. The number of fused-ring (bicyclic) bond motifs is 1. The summed E-state index contributed by atoms with van der Waals surface area (Å²) >= 11 is 7.18. The number of halogens is 1. The van der Waals surface area contributed by atoms with E-state index in [9.17, 15) is 9.59 Å². The van der Waals surface area contributed by atoms with Gasteiger partial charge in [0.25, 0.3) is 5.56 Å². The number of aromatic nitrogens is 3. The number of rotatable bonds is 6. The minimum absolute atomic E-state index is 0.0676. The quantitative estimate of drug-likeness (QED) is 0.324. The summed E-state index contributed by atoms with van der Waals surface area (Å²) < 4.78 is 6.71. The average molecular weight is 440 g/mol. The van der Waals surface area contributed by atoms with E-state index < -0.39 is 5.97 Å². The molecule has 0 bridgehead atoms. The molecule has 0 saturated carbocycles. The number of carbonyl (C=O) groups is 1. The van der Waals surface area contributed by atoms with Crippen molar-refractivity contribution in [3.63, 3.8) is 0 Å². The lowest BCUT2D eigenvalue weighted by molar-refractivity contribution is -0.145. The molecule has 0 unspecified atom stereocenters. The molecular weight excluding hydrogens is 422 g/mol. The number of carbonyl (C=O) groups excluding carboxylic acids is 1. The maximum absolute atomic E-state index is 13.0. The molecule has 0 saturated heterocycles. The maximum atomic E-state index is 13.0. The highest BCUT2D eigenvalue weighted by Gasteiger charge is 2.14. The second kappa shape index (κ2) is 8.77. The molecule has 0 fully saturated rings. The van der Waals surface area contributed by atoms with E-state index in [2.05, 4.69) is 9.97 Å². The first kappa shape index (κ1) is 20.3. The molecule has 1 aromatic carbocycles. The molecule has 3 heterocycles. The van der Waals surface area contributed by atoms with Gasteiger partial charge in [0.1, 0.15) is 16.6 Å². The van der Waals surface area contributed by atoms with Crippen LogP contribution < -0.4 is 5.56 Å². The molecule has 3 aromatic heterocycles. The zero-order valence-electron chi connectivity index (χ0n) is 16.2. The number of hydrogen-bond donors (Lipinski definition) is 0. The lowest BCUT2D eigenvalue weighted by Crippen LogP contribution is -2.22. The van der Waals surface area contributed by atoms with Crippen LogP contribution in [0.15, 0.2) is 59.1 Å². The molecule has 6 nitrogen and oxygen atoms in total. The summed E-state index contributed by atoms with van der Waals surface area (Å²) in [6.45, 7) is 2.33. The van der Waals surface area contributed by atoms with Gasteiger partial charge in [-0.25, -0.2) is 9.97 Å². The summed E-state index contributed by atoms with van der Waals surface area (Å²) in [5.74, 6) is -0.402. The minimum atomic E-state index is -0.402. The fourth-order valence-corrected chi connectivity index (χ4v) is 4.03. The van der Waals surface area contributed by atoms with Gasteiger partial charge in [-0.1, -0.05) is 47.5 Å². The lowest BCUT2D eigenvalue weighted by atomic mass is 10.1.